The molecule has 0 atom stereocenters. The third-order valence-corrected chi connectivity index (χ3v) is 4.27. The number of nitrogens with one attached hydrogen (secondary N) is 2. The van der Waals surface area contributed by atoms with Crippen LogP contribution in [0.2, 0.25) is 15.1 Å². The van der Waals surface area contributed by atoms with Gasteiger partial charge < -0.3 is 14.8 Å². The molecule has 0 bridgehead atoms. The second kappa shape index (κ2) is 10.2. The summed E-state index contributed by atoms with van der Waals surface area (Å²) >= 11 is 17.7. The molecule has 0 aliphatic carbocycles. The molecule has 0 fully saturated rings. The summed E-state index contributed by atoms with van der Waals surface area (Å²) in [6, 6.07) is 8.77. The lowest BCUT2D eigenvalue weighted by Gasteiger charge is -2.10. The van der Waals surface area contributed by atoms with E-state index >= 15 is 0 Å². The monoisotopic (exact) mass is 444 g/mol. The van der Waals surface area contributed by atoms with Gasteiger partial charge in [-0.3, -0.25) is 10.1 Å². The van der Waals surface area contributed by atoms with Gasteiger partial charge in [0.25, 0.3) is 5.91 Å². The van der Waals surface area contributed by atoms with Crippen LogP contribution in [0.1, 0.15) is 17.3 Å². The maximum Gasteiger partial charge on any atom is 0.411 e. The van der Waals surface area contributed by atoms with Crippen molar-refractivity contribution in [2.24, 2.45) is 0 Å². The number of esters is 1. The Morgan fingerprint density at radius 1 is 0.929 bits per heavy atom. The second-order valence-electron chi connectivity index (χ2n) is 5.30. The van der Waals surface area contributed by atoms with Gasteiger partial charge in [-0.25, -0.2) is 9.59 Å². The predicted molar refractivity (Wildman–Crippen MR) is 107 cm³/mol. The van der Waals surface area contributed by atoms with Gasteiger partial charge in [-0.05, 0) is 37.3 Å². The summed E-state index contributed by atoms with van der Waals surface area (Å²) in [5.74, 6) is -1.36. The molecular formula is C18H15Cl3N2O5. The summed E-state index contributed by atoms with van der Waals surface area (Å²) in [5.41, 5.74) is 0.729. The summed E-state index contributed by atoms with van der Waals surface area (Å²) < 4.78 is 9.73. The molecule has 2 aromatic rings. The van der Waals surface area contributed by atoms with E-state index in [0.717, 1.165) is 0 Å². The predicted octanol–water partition coefficient (Wildman–Crippen LogP) is 5.01. The number of halogens is 3. The third-order valence-electron chi connectivity index (χ3n) is 3.24. The summed E-state index contributed by atoms with van der Waals surface area (Å²) in [7, 11) is 0. The van der Waals surface area contributed by atoms with Crippen LogP contribution in [0.4, 0.5) is 16.2 Å². The molecule has 2 N–H and O–H groups in total. The molecule has 0 unspecified atom stereocenters. The number of rotatable bonds is 6. The van der Waals surface area contributed by atoms with Crippen LogP contribution in [0.3, 0.4) is 0 Å². The molecular weight excluding hydrogens is 431 g/mol. The van der Waals surface area contributed by atoms with Crippen LogP contribution in [0, 0.1) is 0 Å². The number of ether oxygens (including phenoxy) is 2. The van der Waals surface area contributed by atoms with Gasteiger partial charge in [0.05, 0.1) is 32.9 Å². The lowest BCUT2D eigenvalue weighted by atomic mass is 10.2. The van der Waals surface area contributed by atoms with Gasteiger partial charge in [0.2, 0.25) is 0 Å². The van der Waals surface area contributed by atoms with E-state index in [4.69, 9.17) is 44.3 Å². The molecule has 0 aliphatic heterocycles. The van der Waals surface area contributed by atoms with Gasteiger partial charge in [0.1, 0.15) is 0 Å². The SMILES string of the molecule is CCOC(=O)Nc1cccc(C(=O)OCC(=O)Nc2cc(Cl)c(Cl)cc2Cl)c1. The Morgan fingerprint density at radius 2 is 1.64 bits per heavy atom. The zero-order valence-electron chi connectivity index (χ0n) is 14.6. The molecule has 0 aliphatic rings. The lowest BCUT2D eigenvalue weighted by molar-refractivity contribution is -0.119. The first kappa shape index (κ1) is 21.8. The Balaban J connectivity index is 1.94. The Bertz CT molecular complexity index is 905. The first-order valence-electron chi connectivity index (χ1n) is 7.95. The fraction of sp³-hybridized carbons (Fsp3) is 0.167. The van der Waals surface area contributed by atoms with E-state index in [0.29, 0.717) is 5.69 Å². The van der Waals surface area contributed by atoms with Gasteiger partial charge in [-0.2, -0.15) is 0 Å². The minimum Gasteiger partial charge on any atom is -0.452 e. The van der Waals surface area contributed by atoms with E-state index in [-0.39, 0.29) is 32.9 Å². The standard InChI is InChI=1S/C18H15Cl3N2O5/c1-2-27-18(26)22-11-5-3-4-10(6-11)17(25)28-9-16(24)23-15-8-13(20)12(19)7-14(15)21/h3-8H,2,9H2,1H3,(H,22,26)(H,23,24). The summed E-state index contributed by atoms with van der Waals surface area (Å²) in [5, 5.41) is 5.58. The van der Waals surface area contributed by atoms with Crippen molar-refractivity contribution in [2.75, 3.05) is 23.8 Å². The lowest BCUT2D eigenvalue weighted by Crippen LogP contribution is -2.21. The quantitative estimate of drug-likeness (QED) is 0.481. The molecule has 0 saturated heterocycles. The van der Waals surface area contributed by atoms with E-state index < -0.39 is 24.6 Å². The van der Waals surface area contributed by atoms with Crippen LogP contribution in [-0.4, -0.2) is 31.2 Å². The molecule has 0 aromatic heterocycles. The van der Waals surface area contributed by atoms with Crippen molar-refractivity contribution in [2.45, 2.75) is 6.92 Å². The zero-order chi connectivity index (χ0) is 20.7. The number of benzene rings is 2. The van der Waals surface area contributed by atoms with Gasteiger partial charge in [0, 0.05) is 5.69 Å². The number of amides is 2. The van der Waals surface area contributed by atoms with Crippen molar-refractivity contribution in [3.63, 3.8) is 0 Å². The number of carbonyl (C=O) groups is 3. The molecule has 7 nitrogen and oxygen atoms in total. The van der Waals surface area contributed by atoms with Crippen LogP contribution < -0.4 is 10.6 Å². The largest absolute Gasteiger partial charge is 0.452 e. The Hall–Kier alpha value is -2.48. The number of carbonyl (C=O) groups excluding carboxylic acids is 3. The first-order valence-corrected chi connectivity index (χ1v) is 9.09. The molecule has 2 aromatic carbocycles. The van der Waals surface area contributed by atoms with E-state index in [9.17, 15) is 14.4 Å². The van der Waals surface area contributed by atoms with Crippen LogP contribution in [-0.2, 0) is 14.3 Å². The van der Waals surface area contributed by atoms with Crippen LogP contribution >= 0.6 is 34.8 Å². The highest BCUT2D eigenvalue weighted by molar-refractivity contribution is 6.44. The summed E-state index contributed by atoms with van der Waals surface area (Å²) in [4.78, 5) is 35.5. The minimum atomic E-state index is -0.747. The smallest absolute Gasteiger partial charge is 0.411 e. The van der Waals surface area contributed by atoms with E-state index in [2.05, 4.69) is 10.6 Å². The molecule has 0 spiro atoms. The van der Waals surface area contributed by atoms with Crippen LogP contribution in [0.15, 0.2) is 36.4 Å². The highest BCUT2D eigenvalue weighted by Crippen LogP contribution is 2.32. The maximum absolute atomic E-state index is 12.1. The van der Waals surface area contributed by atoms with E-state index in [1.54, 1.807) is 19.1 Å². The fourth-order valence-electron chi connectivity index (χ4n) is 2.03. The van der Waals surface area contributed by atoms with Crippen molar-refractivity contribution >= 4 is 64.1 Å². The van der Waals surface area contributed by atoms with E-state index in [1.807, 2.05) is 0 Å². The Kier molecular flexibility index (Phi) is 7.92. The van der Waals surface area contributed by atoms with Crippen molar-refractivity contribution in [3.05, 3.63) is 57.0 Å². The number of hydrogen-bond donors (Lipinski definition) is 2. The van der Waals surface area contributed by atoms with Crippen LogP contribution in [0.25, 0.3) is 0 Å². The average molecular weight is 446 g/mol. The first-order chi connectivity index (χ1) is 13.3. The normalized spacial score (nSPS) is 10.1. The molecule has 0 heterocycles. The van der Waals surface area contributed by atoms with Crippen molar-refractivity contribution in [1.82, 2.24) is 0 Å². The average Bonchev–Trinajstić information content (AvgIpc) is 2.64. The minimum absolute atomic E-state index is 0.148. The maximum atomic E-state index is 12.1. The van der Waals surface area contributed by atoms with Gasteiger partial charge >= 0.3 is 12.1 Å². The Labute approximate surface area is 175 Å². The number of hydrogen-bond acceptors (Lipinski definition) is 5. The van der Waals surface area contributed by atoms with Gasteiger partial charge in [0.15, 0.2) is 6.61 Å². The van der Waals surface area contributed by atoms with Gasteiger partial charge in [-0.1, -0.05) is 40.9 Å². The summed E-state index contributed by atoms with van der Waals surface area (Å²) in [6.07, 6.45) is -0.647. The van der Waals surface area contributed by atoms with Crippen molar-refractivity contribution in [1.29, 1.82) is 0 Å². The molecule has 148 valence electrons. The molecule has 0 saturated carbocycles. The molecule has 28 heavy (non-hydrogen) atoms. The molecule has 2 amide bonds. The summed E-state index contributed by atoms with van der Waals surface area (Å²) in [6.45, 7) is 1.33. The number of anilines is 2. The highest BCUT2D eigenvalue weighted by atomic mass is 35.5. The zero-order valence-corrected chi connectivity index (χ0v) is 16.8. The second-order valence-corrected chi connectivity index (χ2v) is 6.52. The van der Waals surface area contributed by atoms with E-state index in [1.165, 1.54) is 24.3 Å². The fourth-order valence-corrected chi connectivity index (χ4v) is 2.62. The molecule has 0 radical (unpaired) electrons. The van der Waals surface area contributed by atoms with Crippen molar-refractivity contribution < 1.29 is 23.9 Å². The third kappa shape index (κ3) is 6.30. The molecule has 2 rings (SSSR count). The topological polar surface area (TPSA) is 93.7 Å². The van der Waals surface area contributed by atoms with Crippen molar-refractivity contribution in [3.8, 4) is 0 Å². The van der Waals surface area contributed by atoms with Crippen LogP contribution in [0.5, 0.6) is 0 Å². The highest BCUT2D eigenvalue weighted by Gasteiger charge is 2.14. The molecule has 10 heteroatoms. The Morgan fingerprint density at radius 3 is 2.36 bits per heavy atom. The van der Waals surface area contributed by atoms with Gasteiger partial charge in [-0.15, -0.1) is 0 Å².